The highest BCUT2D eigenvalue weighted by atomic mass is 32.2. The molecule has 0 heterocycles. The summed E-state index contributed by atoms with van der Waals surface area (Å²) in [5, 5.41) is 14.6. The van der Waals surface area contributed by atoms with Crippen LogP contribution in [0.5, 0.6) is 5.75 Å². The highest BCUT2D eigenvalue weighted by molar-refractivity contribution is 7.89. The van der Waals surface area contributed by atoms with Crippen molar-refractivity contribution in [2.24, 2.45) is 16.9 Å². The molecule has 2 aromatic rings. The molecule has 39 heavy (non-hydrogen) atoms. The Balaban J connectivity index is 1.74. The van der Waals surface area contributed by atoms with E-state index in [0.29, 0.717) is 17.7 Å². The first-order chi connectivity index (χ1) is 18.4. The molecule has 2 aromatic carbocycles. The molecular formula is C28H36N2O7SSi. The van der Waals surface area contributed by atoms with Gasteiger partial charge in [-0.15, -0.1) is 0 Å². The summed E-state index contributed by atoms with van der Waals surface area (Å²) in [5.41, 5.74) is 1.85. The first kappa shape index (κ1) is 28.8. The average Bonchev–Trinajstić information content (AvgIpc) is 2.89. The van der Waals surface area contributed by atoms with Crippen LogP contribution in [-0.4, -0.2) is 52.5 Å². The number of hydrogen-bond acceptors (Lipinski definition) is 8. The van der Waals surface area contributed by atoms with Gasteiger partial charge in [-0.2, -0.15) is 13.5 Å². The molecule has 1 unspecified atom stereocenters. The third-order valence-corrected chi connectivity index (χ3v) is 10.2. The molecule has 5 rings (SSSR count). The summed E-state index contributed by atoms with van der Waals surface area (Å²) in [6.07, 6.45) is 0.859. The van der Waals surface area contributed by atoms with E-state index in [0.717, 1.165) is 11.6 Å². The minimum Gasteiger partial charge on any atom is -0.508 e. The number of benzene rings is 2. The number of phenols is 1. The van der Waals surface area contributed by atoms with Crippen LogP contribution in [0.1, 0.15) is 42.7 Å². The molecule has 3 aliphatic carbocycles. The normalized spacial score (nSPS) is 23.2. The molecule has 0 spiro atoms. The maximum Gasteiger partial charge on any atom is 0.310 e. The van der Waals surface area contributed by atoms with Crippen molar-refractivity contribution in [1.82, 2.24) is 4.83 Å². The smallest absolute Gasteiger partial charge is 0.310 e. The van der Waals surface area contributed by atoms with Gasteiger partial charge in [0.15, 0.2) is 0 Å². The highest BCUT2D eigenvalue weighted by Crippen LogP contribution is 2.55. The van der Waals surface area contributed by atoms with Crippen molar-refractivity contribution in [2.75, 3.05) is 13.2 Å². The van der Waals surface area contributed by atoms with Gasteiger partial charge in [-0.25, -0.2) is 4.83 Å². The number of sulfonamides is 1. The molecule has 1 saturated carbocycles. The standard InChI is InChI=1S/C28H36N2O7SSi/c1-5-13-36-28(33)26-24-21-16-18(31)11-12-20(21)22(25(26)27(32)37-14-15-39(2,3)4)17-23(24)29-30-38(34,35)19-9-7-6-8-10-19/h6-12,16,22,24-26,30-31H,5,13-15,17H2,1-4H3/t22?,24-,25-,26-/m1/s1. The number of nitrogens with zero attached hydrogens (tertiary/aromatic N) is 1. The maximum atomic E-state index is 13.5. The van der Waals surface area contributed by atoms with E-state index in [1.165, 1.54) is 12.1 Å². The van der Waals surface area contributed by atoms with Crippen LogP contribution in [0.3, 0.4) is 0 Å². The number of carbonyl (C=O) groups excluding carboxylic acids is 2. The number of aromatic hydroxyl groups is 1. The van der Waals surface area contributed by atoms with E-state index in [4.69, 9.17) is 9.47 Å². The molecule has 0 aliphatic heterocycles. The fourth-order valence-corrected chi connectivity index (χ4v) is 6.90. The summed E-state index contributed by atoms with van der Waals surface area (Å²) in [6, 6.07) is 13.5. The van der Waals surface area contributed by atoms with Crippen LogP contribution in [0.2, 0.25) is 25.7 Å². The van der Waals surface area contributed by atoms with Crippen LogP contribution in [-0.2, 0) is 29.1 Å². The van der Waals surface area contributed by atoms with Crippen molar-refractivity contribution in [3.63, 3.8) is 0 Å². The third-order valence-electron chi connectivity index (χ3n) is 7.22. The summed E-state index contributed by atoms with van der Waals surface area (Å²) < 4.78 is 37.0. The van der Waals surface area contributed by atoms with Gasteiger partial charge in [0.2, 0.25) is 0 Å². The summed E-state index contributed by atoms with van der Waals surface area (Å²) in [7, 11) is -5.42. The minimum absolute atomic E-state index is 0.000421. The Kier molecular flexibility index (Phi) is 8.50. The predicted molar refractivity (Wildman–Crippen MR) is 150 cm³/mol. The molecular weight excluding hydrogens is 536 g/mol. The van der Waals surface area contributed by atoms with E-state index >= 15 is 0 Å². The van der Waals surface area contributed by atoms with Gasteiger partial charge >= 0.3 is 11.9 Å². The van der Waals surface area contributed by atoms with Crippen molar-refractivity contribution in [3.05, 3.63) is 59.7 Å². The van der Waals surface area contributed by atoms with Gasteiger partial charge in [-0.3, -0.25) is 9.59 Å². The Morgan fingerprint density at radius 3 is 2.33 bits per heavy atom. The van der Waals surface area contributed by atoms with E-state index in [1.807, 2.05) is 6.92 Å². The number of phenolic OH excluding ortho intramolecular Hbond substituents is 1. The number of hydrazone groups is 1. The van der Waals surface area contributed by atoms with E-state index in [9.17, 15) is 23.1 Å². The van der Waals surface area contributed by atoms with Crippen molar-refractivity contribution in [3.8, 4) is 5.75 Å². The summed E-state index contributed by atoms with van der Waals surface area (Å²) in [4.78, 5) is 29.4. The molecule has 0 amide bonds. The number of esters is 2. The van der Waals surface area contributed by atoms with Gasteiger partial charge in [-0.05, 0) is 54.3 Å². The molecule has 1 fully saturated rings. The predicted octanol–water partition coefficient (Wildman–Crippen LogP) is 4.38. The summed E-state index contributed by atoms with van der Waals surface area (Å²) in [5.74, 6) is -4.08. The van der Waals surface area contributed by atoms with E-state index in [1.54, 1.807) is 36.4 Å². The largest absolute Gasteiger partial charge is 0.508 e. The quantitative estimate of drug-likeness (QED) is 0.245. The van der Waals surface area contributed by atoms with Gasteiger partial charge in [0.05, 0.1) is 29.9 Å². The van der Waals surface area contributed by atoms with Crippen LogP contribution < -0.4 is 4.83 Å². The third kappa shape index (κ3) is 6.35. The SMILES string of the molecule is CCCOC(=O)[C@H]1[C@H](C(=O)OCC[Si](C)(C)C)C2CC(=NNS(=O)(=O)c3ccccc3)[C@H]1c1cc(O)ccc12. The van der Waals surface area contributed by atoms with Crippen LogP contribution >= 0.6 is 0 Å². The van der Waals surface area contributed by atoms with Crippen molar-refractivity contribution in [1.29, 1.82) is 0 Å². The second-order valence-electron chi connectivity index (χ2n) is 11.3. The topological polar surface area (TPSA) is 131 Å². The Morgan fingerprint density at radius 1 is 1.00 bits per heavy atom. The first-order valence-electron chi connectivity index (χ1n) is 13.2. The Hall–Kier alpha value is -3.18. The zero-order valence-corrected chi connectivity index (χ0v) is 24.5. The molecule has 2 N–H and O–H groups in total. The fourth-order valence-electron chi connectivity index (χ4n) is 5.32. The fraction of sp³-hybridized carbons (Fsp3) is 0.464. The molecule has 2 bridgehead atoms. The minimum atomic E-state index is -3.96. The van der Waals surface area contributed by atoms with Gasteiger partial charge in [-0.1, -0.05) is 50.8 Å². The lowest BCUT2D eigenvalue weighted by Gasteiger charge is -2.47. The number of ether oxygens (including phenoxy) is 2. The lowest BCUT2D eigenvalue weighted by Crippen LogP contribution is -2.51. The summed E-state index contributed by atoms with van der Waals surface area (Å²) >= 11 is 0. The average molecular weight is 573 g/mol. The van der Waals surface area contributed by atoms with E-state index < -0.39 is 53.7 Å². The Bertz CT molecular complexity index is 1360. The monoisotopic (exact) mass is 572 g/mol. The molecule has 0 aromatic heterocycles. The number of rotatable bonds is 10. The van der Waals surface area contributed by atoms with Crippen LogP contribution in [0, 0.1) is 11.8 Å². The van der Waals surface area contributed by atoms with E-state index in [-0.39, 0.29) is 30.3 Å². The molecule has 3 aliphatic rings. The summed E-state index contributed by atoms with van der Waals surface area (Å²) in [6.45, 7) is 8.91. The molecule has 210 valence electrons. The lowest BCUT2D eigenvalue weighted by molar-refractivity contribution is -0.163. The molecule has 9 nitrogen and oxygen atoms in total. The number of nitrogens with one attached hydrogen (secondary N) is 1. The second kappa shape index (κ2) is 11.5. The molecule has 4 atom stereocenters. The van der Waals surface area contributed by atoms with Crippen LogP contribution in [0.4, 0.5) is 0 Å². The highest BCUT2D eigenvalue weighted by Gasteiger charge is 2.57. The lowest BCUT2D eigenvalue weighted by atomic mass is 9.55. The van der Waals surface area contributed by atoms with Gasteiger partial charge in [0, 0.05) is 25.6 Å². The second-order valence-corrected chi connectivity index (χ2v) is 18.6. The molecule has 11 heteroatoms. The number of carbonyl (C=O) groups is 2. The van der Waals surface area contributed by atoms with Crippen molar-refractivity contribution < 1.29 is 32.6 Å². The number of hydrogen-bond donors (Lipinski definition) is 2. The van der Waals surface area contributed by atoms with Gasteiger partial charge in [0.1, 0.15) is 5.75 Å². The molecule has 0 saturated heterocycles. The molecule has 0 radical (unpaired) electrons. The van der Waals surface area contributed by atoms with Crippen molar-refractivity contribution in [2.45, 2.75) is 62.2 Å². The number of fused-ring (bicyclic) bond motifs is 2. The van der Waals surface area contributed by atoms with Gasteiger partial charge < -0.3 is 14.6 Å². The Morgan fingerprint density at radius 2 is 1.67 bits per heavy atom. The zero-order chi connectivity index (χ0) is 28.4. The van der Waals surface area contributed by atoms with Crippen LogP contribution in [0.15, 0.2) is 58.5 Å². The first-order valence-corrected chi connectivity index (χ1v) is 18.4. The van der Waals surface area contributed by atoms with Gasteiger partial charge in [0.25, 0.3) is 10.0 Å². The Labute approximate surface area is 230 Å². The zero-order valence-electron chi connectivity index (χ0n) is 22.7. The maximum absolute atomic E-state index is 13.5. The van der Waals surface area contributed by atoms with E-state index in [2.05, 4.69) is 29.6 Å². The van der Waals surface area contributed by atoms with Crippen molar-refractivity contribution >= 4 is 35.7 Å². The van der Waals surface area contributed by atoms with Crippen LogP contribution in [0.25, 0.3) is 0 Å².